The SMILES string of the molecule is CC1=CN(C)CC=C1C(=O)Nc1ccc(-c2cc(C(N)=NN=N)ccc2C)cc1. The second kappa shape index (κ2) is 8.52. The number of amidine groups is 1. The van der Waals surface area contributed by atoms with Crippen molar-refractivity contribution in [1.29, 1.82) is 5.53 Å². The van der Waals surface area contributed by atoms with Gasteiger partial charge in [0.15, 0.2) is 5.84 Å². The summed E-state index contributed by atoms with van der Waals surface area (Å²) >= 11 is 0. The van der Waals surface area contributed by atoms with Gasteiger partial charge in [0.25, 0.3) is 5.91 Å². The van der Waals surface area contributed by atoms with E-state index in [0.717, 1.165) is 28.0 Å². The molecule has 1 amide bonds. The first-order valence-electron chi connectivity index (χ1n) is 9.21. The van der Waals surface area contributed by atoms with Crippen molar-refractivity contribution >= 4 is 17.4 Å². The Balaban J connectivity index is 1.80. The molecule has 0 radical (unpaired) electrons. The number of nitrogens with one attached hydrogen (secondary N) is 2. The lowest BCUT2D eigenvalue weighted by molar-refractivity contribution is -0.112. The Morgan fingerprint density at radius 3 is 2.55 bits per heavy atom. The lowest BCUT2D eigenvalue weighted by Crippen LogP contribution is -2.22. The number of hydrogen-bond acceptors (Lipinski definition) is 4. The van der Waals surface area contributed by atoms with Gasteiger partial charge in [0.05, 0.1) is 0 Å². The maximum absolute atomic E-state index is 12.6. The van der Waals surface area contributed by atoms with Crippen molar-refractivity contribution in [3.05, 3.63) is 77.0 Å². The molecule has 1 aliphatic rings. The highest BCUT2D eigenvalue weighted by Crippen LogP contribution is 2.26. The Labute approximate surface area is 170 Å². The second-order valence-electron chi connectivity index (χ2n) is 7.02. The molecule has 3 rings (SSSR count). The van der Waals surface area contributed by atoms with E-state index in [4.69, 9.17) is 11.3 Å². The van der Waals surface area contributed by atoms with Gasteiger partial charge in [-0.25, -0.2) is 0 Å². The van der Waals surface area contributed by atoms with E-state index < -0.39 is 0 Å². The number of benzene rings is 2. The van der Waals surface area contributed by atoms with Crippen molar-refractivity contribution in [2.75, 3.05) is 18.9 Å². The molecule has 2 aromatic carbocycles. The number of nitrogens with zero attached hydrogens (tertiary/aromatic N) is 3. The number of anilines is 1. The molecule has 148 valence electrons. The predicted octanol–water partition coefficient (Wildman–Crippen LogP) is 4.03. The van der Waals surface area contributed by atoms with Gasteiger partial charge in [-0.15, -0.1) is 5.10 Å². The van der Waals surface area contributed by atoms with Crippen LogP contribution in [0.4, 0.5) is 5.69 Å². The van der Waals surface area contributed by atoms with Crippen molar-refractivity contribution in [3.63, 3.8) is 0 Å². The fourth-order valence-corrected chi connectivity index (χ4v) is 3.26. The van der Waals surface area contributed by atoms with Crippen LogP contribution in [0.3, 0.4) is 0 Å². The third-order valence-corrected chi connectivity index (χ3v) is 4.81. The smallest absolute Gasteiger partial charge is 0.255 e. The summed E-state index contributed by atoms with van der Waals surface area (Å²) < 4.78 is 0. The van der Waals surface area contributed by atoms with E-state index >= 15 is 0 Å². The molecule has 0 saturated carbocycles. The van der Waals surface area contributed by atoms with E-state index in [1.807, 2.05) is 80.5 Å². The average molecular weight is 388 g/mol. The van der Waals surface area contributed by atoms with Crippen LogP contribution in [-0.2, 0) is 4.79 Å². The van der Waals surface area contributed by atoms with Crippen molar-refractivity contribution in [2.45, 2.75) is 13.8 Å². The summed E-state index contributed by atoms with van der Waals surface area (Å²) in [6.07, 6.45) is 3.90. The highest BCUT2D eigenvalue weighted by molar-refractivity contribution is 6.07. The van der Waals surface area contributed by atoms with Gasteiger partial charge in [-0.05, 0) is 54.3 Å². The first kappa shape index (κ1) is 20.0. The molecule has 0 fully saturated rings. The Kier molecular flexibility index (Phi) is 5.87. The van der Waals surface area contributed by atoms with Crippen molar-refractivity contribution in [3.8, 4) is 11.1 Å². The molecular weight excluding hydrogens is 364 g/mol. The number of rotatable bonds is 5. The zero-order chi connectivity index (χ0) is 21.0. The highest BCUT2D eigenvalue weighted by Gasteiger charge is 2.15. The number of carbonyl (C=O) groups excluding carboxylic acids is 1. The molecule has 29 heavy (non-hydrogen) atoms. The number of likely N-dealkylation sites (N-methyl/N-ethyl adjacent to an activating group) is 1. The number of hydrogen-bond donors (Lipinski definition) is 3. The number of aryl methyl sites for hydroxylation is 1. The molecule has 0 spiro atoms. The molecule has 4 N–H and O–H groups in total. The molecule has 7 nitrogen and oxygen atoms in total. The van der Waals surface area contributed by atoms with Gasteiger partial charge in [-0.3, -0.25) is 4.79 Å². The Morgan fingerprint density at radius 1 is 1.17 bits per heavy atom. The van der Waals surface area contributed by atoms with Gasteiger partial charge in [0, 0.05) is 36.6 Å². The van der Waals surface area contributed by atoms with Crippen molar-refractivity contribution in [1.82, 2.24) is 4.90 Å². The molecule has 0 atom stereocenters. The molecule has 1 aliphatic heterocycles. The third kappa shape index (κ3) is 4.57. The van der Waals surface area contributed by atoms with Gasteiger partial charge in [0.1, 0.15) is 0 Å². The summed E-state index contributed by atoms with van der Waals surface area (Å²) in [4.78, 5) is 14.6. The summed E-state index contributed by atoms with van der Waals surface area (Å²) in [6, 6.07) is 13.4. The Bertz CT molecular complexity index is 1030. The van der Waals surface area contributed by atoms with Gasteiger partial charge in [-0.1, -0.05) is 35.6 Å². The van der Waals surface area contributed by atoms with Gasteiger partial charge < -0.3 is 16.0 Å². The van der Waals surface area contributed by atoms with Crippen LogP contribution in [0.15, 0.2) is 76.2 Å². The Morgan fingerprint density at radius 2 is 1.90 bits per heavy atom. The quantitative estimate of drug-likeness (QED) is 0.311. The molecular formula is C22H24N6O. The minimum absolute atomic E-state index is 0.110. The summed E-state index contributed by atoms with van der Waals surface area (Å²) in [7, 11) is 1.98. The van der Waals surface area contributed by atoms with Crippen molar-refractivity contribution in [2.24, 2.45) is 16.1 Å². The number of carbonyl (C=O) groups is 1. The largest absolute Gasteiger partial charge is 0.382 e. The van der Waals surface area contributed by atoms with Crippen LogP contribution in [-0.4, -0.2) is 30.2 Å². The minimum Gasteiger partial charge on any atom is -0.382 e. The maximum atomic E-state index is 12.6. The molecule has 1 heterocycles. The molecule has 0 saturated heterocycles. The predicted molar refractivity (Wildman–Crippen MR) is 116 cm³/mol. The average Bonchev–Trinajstić information content (AvgIpc) is 2.69. The monoisotopic (exact) mass is 388 g/mol. The van der Waals surface area contributed by atoms with Crippen LogP contribution < -0.4 is 11.1 Å². The normalized spacial score (nSPS) is 14.2. The van der Waals surface area contributed by atoms with Crippen LogP contribution in [0, 0.1) is 12.5 Å². The number of nitrogens with two attached hydrogens (primary N) is 1. The summed E-state index contributed by atoms with van der Waals surface area (Å²) in [6.45, 7) is 4.66. The topological polar surface area (TPSA) is 107 Å². The van der Waals surface area contributed by atoms with Crippen LogP contribution in [0.1, 0.15) is 18.1 Å². The van der Waals surface area contributed by atoms with E-state index in [1.54, 1.807) is 0 Å². The van der Waals surface area contributed by atoms with Gasteiger partial charge in [0.2, 0.25) is 0 Å². The molecule has 0 bridgehead atoms. The first-order valence-corrected chi connectivity index (χ1v) is 9.21. The van der Waals surface area contributed by atoms with Crippen LogP contribution in [0.25, 0.3) is 11.1 Å². The lowest BCUT2D eigenvalue weighted by Gasteiger charge is -2.20. The van der Waals surface area contributed by atoms with E-state index in [-0.39, 0.29) is 11.7 Å². The maximum Gasteiger partial charge on any atom is 0.255 e. The Hall–Kier alpha value is -3.74. The zero-order valence-electron chi connectivity index (χ0n) is 16.7. The molecule has 0 aromatic heterocycles. The zero-order valence-corrected chi connectivity index (χ0v) is 16.7. The molecule has 2 aromatic rings. The third-order valence-electron chi connectivity index (χ3n) is 4.81. The highest BCUT2D eigenvalue weighted by atomic mass is 16.1. The minimum atomic E-state index is -0.110. The van der Waals surface area contributed by atoms with E-state index in [9.17, 15) is 4.79 Å². The van der Waals surface area contributed by atoms with Crippen molar-refractivity contribution < 1.29 is 4.79 Å². The number of amides is 1. The van der Waals surface area contributed by atoms with E-state index in [0.29, 0.717) is 17.7 Å². The van der Waals surface area contributed by atoms with Crippen LogP contribution >= 0.6 is 0 Å². The fourth-order valence-electron chi connectivity index (χ4n) is 3.26. The second-order valence-corrected chi connectivity index (χ2v) is 7.02. The first-order chi connectivity index (χ1) is 13.9. The summed E-state index contributed by atoms with van der Waals surface area (Å²) in [5.74, 6) is 0.0841. The van der Waals surface area contributed by atoms with E-state index in [2.05, 4.69) is 15.6 Å². The fraction of sp³-hybridized carbons (Fsp3) is 0.182. The van der Waals surface area contributed by atoms with Gasteiger partial charge >= 0.3 is 0 Å². The molecule has 7 heteroatoms. The lowest BCUT2D eigenvalue weighted by atomic mass is 9.97. The summed E-state index contributed by atoms with van der Waals surface area (Å²) in [5.41, 5.74) is 18.8. The van der Waals surface area contributed by atoms with Gasteiger partial charge in [-0.2, -0.15) is 5.53 Å². The summed E-state index contributed by atoms with van der Waals surface area (Å²) in [5, 5.41) is 9.53. The molecule has 0 aliphatic carbocycles. The van der Waals surface area contributed by atoms with Crippen LogP contribution in [0.2, 0.25) is 0 Å². The standard InChI is InChI=1S/C22H24N6O/c1-14-4-5-17(21(23)26-27-24)12-20(14)16-6-8-18(9-7-16)25-22(29)19-10-11-28(3)13-15(19)2/h4-10,12-13H,11H2,1-3H3,(H,25,29)(H3,23,24,26). The molecule has 0 unspecified atom stereocenters. The van der Waals surface area contributed by atoms with E-state index in [1.165, 1.54) is 0 Å². The van der Waals surface area contributed by atoms with Crippen LogP contribution in [0.5, 0.6) is 0 Å².